The van der Waals surface area contributed by atoms with Crippen LogP contribution in [0.1, 0.15) is 25.6 Å². The van der Waals surface area contributed by atoms with Gasteiger partial charge in [0.25, 0.3) is 0 Å². The average molecular weight is 264 g/mol. The Labute approximate surface area is 112 Å². The SMILES string of the molecule is CCn1c(CNCC2CC2)nc2cccc(Cl)c21. The first-order valence-electron chi connectivity index (χ1n) is 6.64. The van der Waals surface area contributed by atoms with E-state index in [0.29, 0.717) is 0 Å². The highest BCUT2D eigenvalue weighted by molar-refractivity contribution is 6.35. The van der Waals surface area contributed by atoms with Crippen molar-refractivity contribution in [2.75, 3.05) is 6.54 Å². The van der Waals surface area contributed by atoms with E-state index in [1.54, 1.807) is 0 Å². The number of imidazole rings is 1. The van der Waals surface area contributed by atoms with Crippen LogP contribution >= 0.6 is 11.6 Å². The molecule has 96 valence electrons. The van der Waals surface area contributed by atoms with E-state index >= 15 is 0 Å². The topological polar surface area (TPSA) is 29.9 Å². The Morgan fingerprint density at radius 3 is 3.00 bits per heavy atom. The van der Waals surface area contributed by atoms with E-state index < -0.39 is 0 Å². The van der Waals surface area contributed by atoms with Gasteiger partial charge in [-0.15, -0.1) is 0 Å². The fraction of sp³-hybridized carbons (Fsp3) is 0.500. The highest BCUT2D eigenvalue weighted by Crippen LogP contribution is 2.28. The molecule has 1 aliphatic carbocycles. The normalized spacial score (nSPS) is 15.4. The third-order valence-corrected chi connectivity index (χ3v) is 3.83. The molecule has 0 amide bonds. The minimum absolute atomic E-state index is 0.787. The smallest absolute Gasteiger partial charge is 0.123 e. The Bertz CT molecular complexity index is 557. The number of aromatic nitrogens is 2. The second-order valence-electron chi connectivity index (χ2n) is 4.95. The van der Waals surface area contributed by atoms with E-state index in [1.165, 1.54) is 12.8 Å². The van der Waals surface area contributed by atoms with Crippen LogP contribution in [0.4, 0.5) is 0 Å². The van der Waals surface area contributed by atoms with Gasteiger partial charge in [0.15, 0.2) is 0 Å². The molecule has 0 bridgehead atoms. The number of hydrogen-bond acceptors (Lipinski definition) is 2. The Morgan fingerprint density at radius 1 is 1.44 bits per heavy atom. The fourth-order valence-electron chi connectivity index (χ4n) is 2.38. The summed E-state index contributed by atoms with van der Waals surface area (Å²) in [5, 5.41) is 4.28. The first-order valence-corrected chi connectivity index (χ1v) is 7.01. The summed E-state index contributed by atoms with van der Waals surface area (Å²) in [6.45, 7) is 4.98. The van der Waals surface area contributed by atoms with Crippen LogP contribution in [0.3, 0.4) is 0 Å². The molecule has 18 heavy (non-hydrogen) atoms. The second kappa shape index (κ2) is 4.90. The lowest BCUT2D eigenvalue weighted by atomic mass is 10.3. The predicted molar refractivity (Wildman–Crippen MR) is 74.8 cm³/mol. The summed E-state index contributed by atoms with van der Waals surface area (Å²) in [7, 11) is 0. The number of nitrogens with zero attached hydrogens (tertiary/aromatic N) is 2. The monoisotopic (exact) mass is 263 g/mol. The summed E-state index contributed by atoms with van der Waals surface area (Å²) in [4.78, 5) is 4.68. The molecule has 0 saturated heterocycles. The van der Waals surface area contributed by atoms with Gasteiger partial charge in [-0.05, 0) is 44.4 Å². The molecule has 3 nitrogen and oxygen atoms in total. The minimum atomic E-state index is 0.787. The number of nitrogens with one attached hydrogen (secondary N) is 1. The second-order valence-corrected chi connectivity index (χ2v) is 5.36. The number of rotatable bonds is 5. The van der Waals surface area contributed by atoms with Gasteiger partial charge in [0.2, 0.25) is 0 Å². The van der Waals surface area contributed by atoms with Crippen LogP contribution in [0.15, 0.2) is 18.2 Å². The van der Waals surface area contributed by atoms with E-state index in [1.807, 2.05) is 18.2 Å². The van der Waals surface area contributed by atoms with Crippen LogP contribution in [-0.4, -0.2) is 16.1 Å². The minimum Gasteiger partial charge on any atom is -0.326 e. The van der Waals surface area contributed by atoms with Gasteiger partial charge < -0.3 is 9.88 Å². The third-order valence-electron chi connectivity index (χ3n) is 3.53. The molecule has 1 aliphatic rings. The maximum Gasteiger partial charge on any atom is 0.123 e. The molecule has 1 heterocycles. The van der Waals surface area contributed by atoms with Gasteiger partial charge in [-0.2, -0.15) is 0 Å². The van der Waals surface area contributed by atoms with Gasteiger partial charge in [-0.25, -0.2) is 4.98 Å². The summed E-state index contributed by atoms with van der Waals surface area (Å²) < 4.78 is 2.21. The Hall–Kier alpha value is -1.06. The zero-order chi connectivity index (χ0) is 12.5. The Balaban J connectivity index is 1.87. The lowest BCUT2D eigenvalue weighted by Crippen LogP contribution is -2.19. The molecule has 0 atom stereocenters. The molecule has 2 aromatic rings. The first-order chi connectivity index (χ1) is 8.79. The molecule has 4 heteroatoms. The number of fused-ring (bicyclic) bond motifs is 1. The molecule has 1 N–H and O–H groups in total. The Kier molecular flexibility index (Phi) is 3.27. The van der Waals surface area contributed by atoms with Gasteiger partial charge in [0, 0.05) is 6.54 Å². The van der Waals surface area contributed by atoms with Crippen molar-refractivity contribution in [1.82, 2.24) is 14.9 Å². The number of para-hydroxylation sites is 1. The van der Waals surface area contributed by atoms with Crippen molar-refractivity contribution in [3.05, 3.63) is 29.0 Å². The maximum atomic E-state index is 6.27. The number of benzene rings is 1. The van der Waals surface area contributed by atoms with E-state index in [9.17, 15) is 0 Å². The lowest BCUT2D eigenvalue weighted by Gasteiger charge is -2.07. The average Bonchev–Trinajstić information content (AvgIpc) is 3.10. The summed E-state index contributed by atoms with van der Waals surface area (Å²) in [5.74, 6) is 1.98. The van der Waals surface area contributed by atoms with Crippen molar-refractivity contribution in [3.63, 3.8) is 0 Å². The van der Waals surface area contributed by atoms with Crippen molar-refractivity contribution in [1.29, 1.82) is 0 Å². The molecule has 0 aliphatic heterocycles. The number of hydrogen-bond donors (Lipinski definition) is 1. The first kappa shape index (κ1) is 12.0. The maximum absolute atomic E-state index is 6.27. The molecule has 1 saturated carbocycles. The van der Waals surface area contributed by atoms with Crippen molar-refractivity contribution in [3.8, 4) is 0 Å². The molecule has 1 fully saturated rings. The summed E-state index contributed by atoms with van der Waals surface area (Å²) in [6, 6.07) is 5.91. The summed E-state index contributed by atoms with van der Waals surface area (Å²) >= 11 is 6.27. The van der Waals surface area contributed by atoms with Gasteiger partial charge >= 0.3 is 0 Å². The standard InChI is InChI=1S/C14H18ClN3/c1-2-18-13(9-16-8-10-6-7-10)17-12-5-3-4-11(15)14(12)18/h3-5,10,16H,2,6-9H2,1H3. The number of aryl methyl sites for hydroxylation is 1. The molecule has 0 radical (unpaired) electrons. The van der Waals surface area contributed by atoms with Gasteiger partial charge in [0.05, 0.1) is 22.6 Å². The molecule has 1 aromatic heterocycles. The van der Waals surface area contributed by atoms with Crippen LogP contribution < -0.4 is 5.32 Å². The van der Waals surface area contributed by atoms with Gasteiger partial charge in [0.1, 0.15) is 5.82 Å². The molecular weight excluding hydrogens is 246 g/mol. The van der Waals surface area contributed by atoms with Crippen molar-refractivity contribution >= 4 is 22.6 Å². The van der Waals surface area contributed by atoms with E-state index in [0.717, 1.165) is 47.4 Å². The van der Waals surface area contributed by atoms with Crippen molar-refractivity contribution in [2.24, 2.45) is 5.92 Å². The predicted octanol–water partition coefficient (Wildman–Crippen LogP) is 3.21. The third kappa shape index (κ3) is 2.25. The highest BCUT2D eigenvalue weighted by Gasteiger charge is 2.20. The zero-order valence-electron chi connectivity index (χ0n) is 10.6. The summed E-state index contributed by atoms with van der Waals surface area (Å²) in [5.41, 5.74) is 2.05. The highest BCUT2D eigenvalue weighted by atomic mass is 35.5. The largest absolute Gasteiger partial charge is 0.326 e. The van der Waals surface area contributed by atoms with Crippen LogP contribution in [0.25, 0.3) is 11.0 Å². The molecule has 0 unspecified atom stereocenters. The van der Waals surface area contributed by atoms with E-state index in [-0.39, 0.29) is 0 Å². The fourth-order valence-corrected chi connectivity index (χ4v) is 2.65. The van der Waals surface area contributed by atoms with Crippen LogP contribution in [0.2, 0.25) is 5.02 Å². The van der Waals surface area contributed by atoms with Gasteiger partial charge in [-0.1, -0.05) is 17.7 Å². The van der Waals surface area contributed by atoms with Crippen LogP contribution in [-0.2, 0) is 13.1 Å². The van der Waals surface area contributed by atoms with Gasteiger partial charge in [-0.3, -0.25) is 0 Å². The van der Waals surface area contributed by atoms with Crippen LogP contribution in [0.5, 0.6) is 0 Å². The molecule has 1 aromatic carbocycles. The van der Waals surface area contributed by atoms with Crippen LogP contribution in [0, 0.1) is 5.92 Å². The quantitative estimate of drug-likeness (QED) is 0.898. The number of halogens is 1. The molecule has 0 spiro atoms. The lowest BCUT2D eigenvalue weighted by molar-refractivity contribution is 0.594. The zero-order valence-corrected chi connectivity index (χ0v) is 11.4. The molecule has 3 rings (SSSR count). The van der Waals surface area contributed by atoms with Crippen molar-refractivity contribution in [2.45, 2.75) is 32.9 Å². The summed E-state index contributed by atoms with van der Waals surface area (Å²) in [6.07, 6.45) is 2.76. The van der Waals surface area contributed by atoms with Crippen molar-refractivity contribution < 1.29 is 0 Å². The van der Waals surface area contributed by atoms with E-state index in [2.05, 4.69) is 21.8 Å². The van der Waals surface area contributed by atoms with E-state index in [4.69, 9.17) is 11.6 Å². The molecular formula is C14H18ClN3. The Morgan fingerprint density at radius 2 is 2.28 bits per heavy atom.